The quantitative estimate of drug-likeness (QED) is 0.861. The molecule has 0 radical (unpaired) electrons. The second-order valence-electron chi connectivity index (χ2n) is 5.92. The third-order valence-corrected chi connectivity index (χ3v) is 3.87. The van der Waals surface area contributed by atoms with Gasteiger partial charge in [0.15, 0.2) is 0 Å². The van der Waals surface area contributed by atoms with Crippen molar-refractivity contribution in [3.8, 4) is 0 Å². The Hall–Kier alpha value is -1.32. The standard InChI is InChI=1S/C14H24N4/c1-10(2)11-12(15)16-9-17-13(11)18-14(3)7-5-4-6-8-14/h9-10H,4-8H2,1-3H3,(H3,15,16,17,18). The van der Waals surface area contributed by atoms with Gasteiger partial charge in [-0.15, -0.1) is 0 Å². The third kappa shape index (κ3) is 2.74. The van der Waals surface area contributed by atoms with Crippen LogP contribution in [-0.2, 0) is 0 Å². The number of anilines is 2. The zero-order chi connectivity index (χ0) is 13.2. The lowest BCUT2D eigenvalue weighted by molar-refractivity contribution is 0.348. The number of hydrogen-bond acceptors (Lipinski definition) is 4. The fourth-order valence-electron chi connectivity index (χ4n) is 2.82. The molecule has 1 aromatic heterocycles. The highest BCUT2D eigenvalue weighted by Crippen LogP contribution is 2.34. The van der Waals surface area contributed by atoms with Crippen LogP contribution in [-0.4, -0.2) is 15.5 Å². The van der Waals surface area contributed by atoms with Gasteiger partial charge in [-0.3, -0.25) is 0 Å². The Morgan fingerprint density at radius 3 is 2.50 bits per heavy atom. The van der Waals surface area contributed by atoms with Crippen molar-refractivity contribution in [2.45, 2.75) is 64.3 Å². The molecule has 4 nitrogen and oxygen atoms in total. The molecule has 1 aliphatic rings. The third-order valence-electron chi connectivity index (χ3n) is 3.87. The minimum absolute atomic E-state index is 0.155. The zero-order valence-corrected chi connectivity index (χ0v) is 11.7. The molecule has 3 N–H and O–H groups in total. The molecule has 1 heterocycles. The average molecular weight is 248 g/mol. The Balaban J connectivity index is 2.25. The van der Waals surface area contributed by atoms with Crippen molar-refractivity contribution in [3.63, 3.8) is 0 Å². The number of nitrogens with zero attached hydrogens (tertiary/aromatic N) is 2. The minimum Gasteiger partial charge on any atom is -0.383 e. The van der Waals surface area contributed by atoms with E-state index in [2.05, 4.69) is 36.1 Å². The van der Waals surface area contributed by atoms with Gasteiger partial charge in [0.2, 0.25) is 0 Å². The molecule has 0 unspecified atom stereocenters. The Kier molecular flexibility index (Phi) is 3.73. The van der Waals surface area contributed by atoms with E-state index >= 15 is 0 Å². The molecular weight excluding hydrogens is 224 g/mol. The van der Waals surface area contributed by atoms with Crippen LogP contribution in [0.15, 0.2) is 6.33 Å². The maximum Gasteiger partial charge on any atom is 0.135 e. The van der Waals surface area contributed by atoms with E-state index in [0.29, 0.717) is 11.7 Å². The summed E-state index contributed by atoms with van der Waals surface area (Å²) in [4.78, 5) is 8.50. The highest BCUT2D eigenvalue weighted by Gasteiger charge is 2.28. The lowest BCUT2D eigenvalue weighted by Crippen LogP contribution is -2.37. The maximum atomic E-state index is 5.98. The Morgan fingerprint density at radius 2 is 1.89 bits per heavy atom. The highest BCUT2D eigenvalue weighted by atomic mass is 15.1. The summed E-state index contributed by atoms with van der Waals surface area (Å²) >= 11 is 0. The Morgan fingerprint density at radius 1 is 1.22 bits per heavy atom. The van der Waals surface area contributed by atoms with Gasteiger partial charge in [-0.1, -0.05) is 33.1 Å². The fourth-order valence-corrected chi connectivity index (χ4v) is 2.82. The van der Waals surface area contributed by atoms with Crippen LogP contribution >= 0.6 is 0 Å². The van der Waals surface area contributed by atoms with E-state index in [1.54, 1.807) is 6.33 Å². The molecular formula is C14H24N4. The van der Waals surface area contributed by atoms with Crippen LogP contribution in [0.3, 0.4) is 0 Å². The van der Waals surface area contributed by atoms with Crippen molar-refractivity contribution in [1.82, 2.24) is 9.97 Å². The van der Waals surface area contributed by atoms with Crippen LogP contribution in [0.5, 0.6) is 0 Å². The first-order valence-corrected chi connectivity index (χ1v) is 6.90. The molecule has 1 saturated carbocycles. The number of nitrogens with one attached hydrogen (secondary N) is 1. The molecule has 0 bridgehead atoms. The first-order valence-electron chi connectivity index (χ1n) is 6.90. The van der Waals surface area contributed by atoms with Gasteiger partial charge in [0.25, 0.3) is 0 Å². The monoisotopic (exact) mass is 248 g/mol. The molecule has 1 fully saturated rings. The molecule has 2 rings (SSSR count). The van der Waals surface area contributed by atoms with Crippen molar-refractivity contribution in [1.29, 1.82) is 0 Å². The van der Waals surface area contributed by atoms with E-state index in [1.165, 1.54) is 32.1 Å². The van der Waals surface area contributed by atoms with Crippen molar-refractivity contribution < 1.29 is 0 Å². The summed E-state index contributed by atoms with van der Waals surface area (Å²) in [5, 5.41) is 3.62. The largest absolute Gasteiger partial charge is 0.383 e. The van der Waals surface area contributed by atoms with Crippen LogP contribution in [0.4, 0.5) is 11.6 Å². The van der Waals surface area contributed by atoms with E-state index < -0.39 is 0 Å². The number of hydrogen-bond donors (Lipinski definition) is 2. The maximum absolute atomic E-state index is 5.98. The van der Waals surface area contributed by atoms with Gasteiger partial charge in [-0.25, -0.2) is 9.97 Å². The van der Waals surface area contributed by atoms with Gasteiger partial charge in [0.05, 0.1) is 0 Å². The minimum atomic E-state index is 0.155. The van der Waals surface area contributed by atoms with Gasteiger partial charge in [0.1, 0.15) is 18.0 Å². The molecule has 0 aromatic carbocycles. The number of rotatable bonds is 3. The molecule has 18 heavy (non-hydrogen) atoms. The predicted molar refractivity (Wildman–Crippen MR) is 75.6 cm³/mol. The van der Waals surface area contributed by atoms with Gasteiger partial charge >= 0.3 is 0 Å². The van der Waals surface area contributed by atoms with Gasteiger partial charge in [-0.05, 0) is 25.7 Å². The number of nitrogens with two attached hydrogens (primary N) is 1. The highest BCUT2D eigenvalue weighted by molar-refractivity contribution is 5.57. The molecule has 0 amide bonds. The molecule has 1 aliphatic carbocycles. The van der Waals surface area contributed by atoms with Gasteiger partial charge in [-0.2, -0.15) is 0 Å². The normalized spacial score (nSPS) is 18.9. The zero-order valence-electron chi connectivity index (χ0n) is 11.7. The Labute approximate surface area is 109 Å². The second-order valence-corrected chi connectivity index (χ2v) is 5.92. The summed E-state index contributed by atoms with van der Waals surface area (Å²) in [6, 6.07) is 0. The van der Waals surface area contributed by atoms with Crippen LogP contribution in [0, 0.1) is 0 Å². The molecule has 4 heteroatoms. The lowest BCUT2D eigenvalue weighted by Gasteiger charge is -2.36. The van der Waals surface area contributed by atoms with Gasteiger partial charge < -0.3 is 11.1 Å². The number of aromatic nitrogens is 2. The molecule has 0 aliphatic heterocycles. The summed E-state index contributed by atoms with van der Waals surface area (Å²) in [6.45, 7) is 6.54. The van der Waals surface area contributed by atoms with Crippen LogP contribution in [0.1, 0.15) is 64.4 Å². The van der Waals surface area contributed by atoms with E-state index in [1.807, 2.05) is 0 Å². The number of nitrogen functional groups attached to an aromatic ring is 1. The summed E-state index contributed by atoms with van der Waals surface area (Å²) < 4.78 is 0. The SMILES string of the molecule is CC(C)c1c(N)ncnc1NC1(C)CCCCC1. The summed E-state index contributed by atoms with van der Waals surface area (Å²) in [5.41, 5.74) is 7.18. The van der Waals surface area contributed by atoms with Gasteiger partial charge in [0, 0.05) is 11.1 Å². The van der Waals surface area contributed by atoms with Crippen LogP contribution in [0.2, 0.25) is 0 Å². The van der Waals surface area contributed by atoms with Crippen molar-refractivity contribution in [3.05, 3.63) is 11.9 Å². The Bertz CT molecular complexity index is 408. The van der Waals surface area contributed by atoms with E-state index in [9.17, 15) is 0 Å². The van der Waals surface area contributed by atoms with Crippen LogP contribution < -0.4 is 11.1 Å². The first kappa shape index (κ1) is 13.1. The summed E-state index contributed by atoms with van der Waals surface area (Å²) in [7, 11) is 0. The van der Waals surface area contributed by atoms with E-state index in [0.717, 1.165) is 11.4 Å². The lowest BCUT2D eigenvalue weighted by atomic mass is 9.83. The van der Waals surface area contributed by atoms with E-state index in [-0.39, 0.29) is 5.54 Å². The second kappa shape index (κ2) is 5.12. The molecule has 0 atom stereocenters. The van der Waals surface area contributed by atoms with Crippen molar-refractivity contribution >= 4 is 11.6 Å². The smallest absolute Gasteiger partial charge is 0.135 e. The van der Waals surface area contributed by atoms with Crippen molar-refractivity contribution in [2.75, 3.05) is 11.1 Å². The summed E-state index contributed by atoms with van der Waals surface area (Å²) in [6.07, 6.45) is 7.89. The average Bonchev–Trinajstić information content (AvgIpc) is 2.28. The summed E-state index contributed by atoms with van der Waals surface area (Å²) in [5.74, 6) is 1.85. The fraction of sp³-hybridized carbons (Fsp3) is 0.714. The van der Waals surface area contributed by atoms with E-state index in [4.69, 9.17) is 5.73 Å². The molecule has 100 valence electrons. The predicted octanol–water partition coefficient (Wildman–Crippen LogP) is 3.32. The first-order chi connectivity index (χ1) is 8.52. The molecule has 0 saturated heterocycles. The molecule has 1 aromatic rings. The van der Waals surface area contributed by atoms with Crippen molar-refractivity contribution in [2.24, 2.45) is 0 Å². The molecule has 0 spiro atoms. The van der Waals surface area contributed by atoms with Crippen LogP contribution in [0.25, 0.3) is 0 Å². The topological polar surface area (TPSA) is 63.8 Å².